The maximum absolute atomic E-state index is 14.0. The molecule has 3 aromatic rings. The summed E-state index contributed by atoms with van der Waals surface area (Å²) in [5.74, 6) is 0.881. The van der Waals surface area contributed by atoms with Crippen LogP contribution in [0.15, 0.2) is 48.5 Å². The second kappa shape index (κ2) is 8.14. The zero-order chi connectivity index (χ0) is 23.2. The fraction of sp³-hybridized carbons (Fsp3) is 0.385. The van der Waals surface area contributed by atoms with Gasteiger partial charge in [0, 0.05) is 17.5 Å². The molecule has 0 unspecified atom stereocenters. The van der Waals surface area contributed by atoms with Gasteiger partial charge < -0.3 is 19.4 Å². The molecule has 1 aromatic heterocycles. The molecule has 33 heavy (non-hydrogen) atoms. The first kappa shape index (κ1) is 21.4. The number of methoxy groups -OCH3 is 2. The molecule has 1 aliphatic heterocycles. The lowest BCUT2D eigenvalue weighted by molar-refractivity contribution is -0.127. The Hall–Kier alpha value is -3.48. The fourth-order valence-electron chi connectivity index (χ4n) is 5.20. The van der Waals surface area contributed by atoms with Crippen LogP contribution in [0.2, 0.25) is 0 Å². The van der Waals surface area contributed by atoms with E-state index in [4.69, 9.17) is 9.47 Å². The van der Waals surface area contributed by atoms with E-state index in [1.54, 1.807) is 19.1 Å². The zero-order valence-corrected chi connectivity index (χ0v) is 19.3. The number of aromatic nitrogens is 1. The number of carbonyl (C=O) groups excluding carboxylic acids is 2. The van der Waals surface area contributed by atoms with Gasteiger partial charge in [0.15, 0.2) is 0 Å². The number of nitrogens with one attached hydrogen (secondary N) is 1. The van der Waals surface area contributed by atoms with Gasteiger partial charge in [0.25, 0.3) is 5.91 Å². The molecule has 1 atom stereocenters. The van der Waals surface area contributed by atoms with E-state index < -0.39 is 5.54 Å². The lowest BCUT2D eigenvalue weighted by Crippen LogP contribution is -2.65. The molecular weight excluding hydrogens is 418 g/mol. The quantitative estimate of drug-likeness (QED) is 0.638. The van der Waals surface area contributed by atoms with Gasteiger partial charge in [-0.2, -0.15) is 0 Å². The lowest BCUT2D eigenvalue weighted by atomic mass is 9.93. The highest BCUT2D eigenvalue weighted by atomic mass is 16.5. The minimum absolute atomic E-state index is 0.145. The van der Waals surface area contributed by atoms with Gasteiger partial charge in [0.05, 0.1) is 32.0 Å². The van der Waals surface area contributed by atoms with Crippen molar-refractivity contribution in [2.75, 3.05) is 19.1 Å². The highest BCUT2D eigenvalue weighted by molar-refractivity contribution is 6.14. The van der Waals surface area contributed by atoms with Crippen molar-refractivity contribution in [3.63, 3.8) is 0 Å². The number of hydrogen-bond donors (Lipinski definition) is 1. The number of para-hydroxylation sites is 2. The molecule has 1 aliphatic carbocycles. The van der Waals surface area contributed by atoms with Crippen LogP contribution >= 0.6 is 0 Å². The minimum atomic E-state index is -1.14. The number of hydrogen-bond acceptors (Lipinski definition) is 4. The highest BCUT2D eigenvalue weighted by Gasteiger charge is 2.49. The molecule has 1 fully saturated rings. The molecule has 0 saturated heterocycles. The van der Waals surface area contributed by atoms with Gasteiger partial charge in [-0.05, 0) is 50.1 Å². The molecule has 0 radical (unpaired) electrons. The normalized spacial score (nSPS) is 20.7. The number of amides is 2. The van der Waals surface area contributed by atoms with Crippen LogP contribution in [0.5, 0.6) is 11.5 Å². The third-order valence-corrected chi connectivity index (χ3v) is 7.00. The average Bonchev–Trinajstić information content (AvgIpc) is 3.47. The Morgan fingerprint density at radius 1 is 1.06 bits per heavy atom. The van der Waals surface area contributed by atoms with Crippen molar-refractivity contribution in [2.45, 2.75) is 50.7 Å². The average molecular weight is 448 g/mol. The third-order valence-electron chi connectivity index (χ3n) is 7.00. The molecule has 2 amide bonds. The van der Waals surface area contributed by atoms with Crippen molar-refractivity contribution in [3.05, 3.63) is 54.2 Å². The summed E-state index contributed by atoms with van der Waals surface area (Å²) < 4.78 is 12.9. The van der Waals surface area contributed by atoms with Crippen LogP contribution in [0, 0.1) is 0 Å². The van der Waals surface area contributed by atoms with E-state index in [2.05, 4.69) is 5.32 Å². The van der Waals surface area contributed by atoms with Crippen LogP contribution in [-0.2, 0) is 11.3 Å². The second-order valence-electron chi connectivity index (χ2n) is 9.08. The lowest BCUT2D eigenvalue weighted by Gasteiger charge is -2.44. The van der Waals surface area contributed by atoms with Crippen LogP contribution in [0.1, 0.15) is 43.1 Å². The smallest absolute Gasteiger partial charge is 0.276 e. The standard InChI is InChI=1S/C26H29N3O4/c1-26(25(31)27-18-8-4-5-9-18)16-28-21-15-19(32-2)13-12-17(21)14-22(28)24(30)29(26)20-10-6-7-11-23(20)33-3/h6-7,10-15,18H,4-5,8-9,16H2,1-3H3,(H,27,31)/t26-/m0/s1. The van der Waals surface area contributed by atoms with Crippen molar-refractivity contribution in [1.82, 2.24) is 9.88 Å². The maximum atomic E-state index is 14.0. The molecule has 0 bridgehead atoms. The van der Waals surface area contributed by atoms with E-state index in [1.807, 2.05) is 60.0 Å². The summed E-state index contributed by atoms with van der Waals surface area (Å²) in [4.78, 5) is 29.4. The first-order valence-corrected chi connectivity index (χ1v) is 11.4. The van der Waals surface area contributed by atoms with Gasteiger partial charge in [0.1, 0.15) is 22.7 Å². The van der Waals surface area contributed by atoms with Crippen LogP contribution in [0.25, 0.3) is 10.9 Å². The largest absolute Gasteiger partial charge is 0.497 e. The van der Waals surface area contributed by atoms with E-state index in [0.717, 1.165) is 36.6 Å². The van der Waals surface area contributed by atoms with Gasteiger partial charge in [0.2, 0.25) is 5.91 Å². The van der Waals surface area contributed by atoms with Gasteiger partial charge in [-0.15, -0.1) is 0 Å². The third kappa shape index (κ3) is 3.43. The Balaban J connectivity index is 1.67. The summed E-state index contributed by atoms with van der Waals surface area (Å²) >= 11 is 0. The molecule has 2 aromatic carbocycles. The van der Waals surface area contributed by atoms with Crippen LogP contribution in [0.3, 0.4) is 0 Å². The van der Waals surface area contributed by atoms with Crippen molar-refractivity contribution < 1.29 is 19.1 Å². The number of benzene rings is 2. The van der Waals surface area contributed by atoms with E-state index in [-0.39, 0.29) is 17.9 Å². The van der Waals surface area contributed by atoms with Crippen molar-refractivity contribution in [3.8, 4) is 11.5 Å². The topological polar surface area (TPSA) is 72.8 Å². The van der Waals surface area contributed by atoms with Gasteiger partial charge in [-0.3, -0.25) is 14.5 Å². The molecule has 172 valence electrons. The molecule has 7 heteroatoms. The molecule has 2 aliphatic rings. The number of carbonyl (C=O) groups is 2. The van der Waals surface area contributed by atoms with E-state index in [0.29, 0.717) is 29.4 Å². The zero-order valence-electron chi connectivity index (χ0n) is 19.3. The number of ether oxygens (including phenoxy) is 2. The van der Waals surface area contributed by atoms with Crippen molar-refractivity contribution >= 4 is 28.4 Å². The Kier molecular flexibility index (Phi) is 5.27. The molecular formula is C26H29N3O4. The van der Waals surface area contributed by atoms with E-state index in [1.165, 1.54) is 0 Å². The summed E-state index contributed by atoms with van der Waals surface area (Å²) in [6.07, 6.45) is 4.17. The summed E-state index contributed by atoms with van der Waals surface area (Å²) in [5, 5.41) is 4.16. The number of fused-ring (bicyclic) bond motifs is 3. The fourth-order valence-corrected chi connectivity index (χ4v) is 5.20. The summed E-state index contributed by atoms with van der Waals surface area (Å²) in [5.41, 5.74) is 0.854. The molecule has 5 rings (SSSR count). The van der Waals surface area contributed by atoms with Gasteiger partial charge in [-0.25, -0.2) is 0 Å². The predicted octanol–water partition coefficient (Wildman–Crippen LogP) is 4.14. The molecule has 0 spiro atoms. The van der Waals surface area contributed by atoms with Gasteiger partial charge in [-0.1, -0.05) is 25.0 Å². The van der Waals surface area contributed by atoms with Crippen molar-refractivity contribution in [1.29, 1.82) is 0 Å². The number of anilines is 1. The van der Waals surface area contributed by atoms with Crippen LogP contribution < -0.4 is 19.7 Å². The van der Waals surface area contributed by atoms with Crippen molar-refractivity contribution in [2.24, 2.45) is 0 Å². The Morgan fingerprint density at radius 3 is 2.55 bits per heavy atom. The number of rotatable bonds is 5. The summed E-state index contributed by atoms with van der Waals surface area (Å²) in [6, 6.07) is 15.1. The SMILES string of the molecule is COc1ccc2cc3n(c2c1)C[C@@](C)(C(=O)NC1CCCC1)N(c1ccccc1OC)C3=O. The van der Waals surface area contributed by atoms with Crippen LogP contribution in [0.4, 0.5) is 5.69 Å². The van der Waals surface area contributed by atoms with Crippen LogP contribution in [-0.4, -0.2) is 42.2 Å². The van der Waals surface area contributed by atoms with E-state index >= 15 is 0 Å². The Morgan fingerprint density at radius 2 is 1.82 bits per heavy atom. The maximum Gasteiger partial charge on any atom is 0.276 e. The number of nitrogens with zero attached hydrogens (tertiary/aromatic N) is 2. The summed E-state index contributed by atoms with van der Waals surface area (Å²) in [6.45, 7) is 2.16. The van der Waals surface area contributed by atoms with Gasteiger partial charge >= 0.3 is 0 Å². The predicted molar refractivity (Wildman–Crippen MR) is 127 cm³/mol. The van der Waals surface area contributed by atoms with E-state index in [9.17, 15) is 9.59 Å². The molecule has 1 N–H and O–H groups in total. The highest BCUT2D eigenvalue weighted by Crippen LogP contribution is 2.40. The Bertz CT molecular complexity index is 1230. The monoisotopic (exact) mass is 447 g/mol. The Labute approximate surface area is 193 Å². The molecule has 7 nitrogen and oxygen atoms in total. The second-order valence-corrected chi connectivity index (χ2v) is 9.08. The minimum Gasteiger partial charge on any atom is -0.497 e. The first-order valence-electron chi connectivity index (χ1n) is 11.4. The molecule has 2 heterocycles. The summed E-state index contributed by atoms with van der Waals surface area (Å²) in [7, 11) is 3.20. The first-order chi connectivity index (χ1) is 16.0. The molecule has 1 saturated carbocycles.